The molecule has 16 heavy (non-hydrogen) atoms. The average molecular weight is 239 g/mol. The van der Waals surface area contributed by atoms with Crippen molar-refractivity contribution in [2.24, 2.45) is 5.92 Å². The van der Waals surface area contributed by atoms with E-state index in [1.54, 1.807) is 0 Å². The molecule has 0 spiro atoms. The van der Waals surface area contributed by atoms with E-state index < -0.39 is 0 Å². The largest absolute Gasteiger partial charge is 0.310 e. The number of aromatic nitrogens is 1. The Bertz CT molecular complexity index is 302. The molecular formula is C13H19ClN2. The van der Waals surface area contributed by atoms with Gasteiger partial charge in [-0.1, -0.05) is 12.8 Å². The van der Waals surface area contributed by atoms with Gasteiger partial charge in [-0.2, -0.15) is 0 Å². The van der Waals surface area contributed by atoms with Crippen LogP contribution in [-0.2, 0) is 6.54 Å². The summed E-state index contributed by atoms with van der Waals surface area (Å²) >= 11 is 6.01. The molecule has 2 unspecified atom stereocenters. The Morgan fingerprint density at radius 3 is 2.75 bits per heavy atom. The maximum absolute atomic E-state index is 6.01. The van der Waals surface area contributed by atoms with Crippen molar-refractivity contribution in [2.75, 3.05) is 5.88 Å². The third-order valence-corrected chi connectivity index (χ3v) is 3.82. The van der Waals surface area contributed by atoms with Gasteiger partial charge < -0.3 is 5.32 Å². The van der Waals surface area contributed by atoms with Crippen molar-refractivity contribution >= 4 is 11.6 Å². The number of hydrogen-bond acceptors (Lipinski definition) is 2. The summed E-state index contributed by atoms with van der Waals surface area (Å²) in [6.07, 6.45) is 8.90. The standard InChI is InChI=1S/C13H19ClN2/c14-9-12-3-1-2-4-13(12)16-10-11-5-7-15-8-6-11/h5-8,12-13,16H,1-4,9-10H2. The Morgan fingerprint density at radius 1 is 1.25 bits per heavy atom. The topological polar surface area (TPSA) is 24.9 Å². The van der Waals surface area contributed by atoms with E-state index in [9.17, 15) is 0 Å². The first kappa shape index (κ1) is 11.9. The maximum atomic E-state index is 6.01. The summed E-state index contributed by atoms with van der Waals surface area (Å²) in [5.41, 5.74) is 1.30. The predicted octanol–water partition coefficient (Wildman–Crippen LogP) is 2.97. The molecule has 1 aromatic heterocycles. The third kappa shape index (κ3) is 3.19. The first-order valence-electron chi connectivity index (χ1n) is 6.08. The molecule has 88 valence electrons. The molecule has 0 bridgehead atoms. The summed E-state index contributed by atoms with van der Waals surface area (Å²) in [6, 6.07) is 4.72. The van der Waals surface area contributed by atoms with Gasteiger partial charge in [-0.05, 0) is 36.5 Å². The highest BCUT2D eigenvalue weighted by atomic mass is 35.5. The van der Waals surface area contributed by atoms with Gasteiger partial charge >= 0.3 is 0 Å². The number of pyridine rings is 1. The molecule has 0 radical (unpaired) electrons. The fraction of sp³-hybridized carbons (Fsp3) is 0.615. The van der Waals surface area contributed by atoms with Crippen LogP contribution >= 0.6 is 11.6 Å². The van der Waals surface area contributed by atoms with E-state index >= 15 is 0 Å². The van der Waals surface area contributed by atoms with E-state index in [0.717, 1.165) is 12.4 Å². The molecule has 1 aromatic rings. The van der Waals surface area contributed by atoms with Gasteiger partial charge in [0, 0.05) is 30.9 Å². The van der Waals surface area contributed by atoms with E-state index in [0.29, 0.717) is 12.0 Å². The second-order valence-electron chi connectivity index (χ2n) is 4.54. The Hall–Kier alpha value is -0.600. The summed E-state index contributed by atoms with van der Waals surface area (Å²) in [5.74, 6) is 1.44. The van der Waals surface area contributed by atoms with Crippen molar-refractivity contribution in [2.45, 2.75) is 38.3 Å². The van der Waals surface area contributed by atoms with Crippen molar-refractivity contribution in [1.29, 1.82) is 0 Å². The van der Waals surface area contributed by atoms with E-state index in [2.05, 4.69) is 22.4 Å². The summed E-state index contributed by atoms with van der Waals surface area (Å²) < 4.78 is 0. The molecule has 1 N–H and O–H groups in total. The normalized spacial score (nSPS) is 25.6. The van der Waals surface area contributed by atoms with E-state index in [-0.39, 0.29) is 0 Å². The van der Waals surface area contributed by atoms with Gasteiger partial charge in [-0.25, -0.2) is 0 Å². The van der Waals surface area contributed by atoms with Crippen molar-refractivity contribution in [1.82, 2.24) is 10.3 Å². The Balaban J connectivity index is 1.84. The lowest BCUT2D eigenvalue weighted by atomic mass is 9.85. The molecule has 1 fully saturated rings. The molecule has 1 aliphatic carbocycles. The van der Waals surface area contributed by atoms with Gasteiger partial charge in [0.2, 0.25) is 0 Å². The van der Waals surface area contributed by atoms with Crippen LogP contribution < -0.4 is 5.32 Å². The van der Waals surface area contributed by atoms with Crippen LogP contribution in [-0.4, -0.2) is 16.9 Å². The van der Waals surface area contributed by atoms with Gasteiger partial charge in [0.25, 0.3) is 0 Å². The smallest absolute Gasteiger partial charge is 0.0271 e. The SMILES string of the molecule is ClCC1CCCCC1NCc1ccncc1. The lowest BCUT2D eigenvalue weighted by Crippen LogP contribution is -2.38. The molecule has 1 aliphatic rings. The highest BCUT2D eigenvalue weighted by Crippen LogP contribution is 2.25. The Labute approximate surface area is 102 Å². The van der Waals surface area contributed by atoms with Gasteiger partial charge in [-0.3, -0.25) is 4.98 Å². The zero-order valence-corrected chi connectivity index (χ0v) is 10.3. The average Bonchev–Trinajstić information content (AvgIpc) is 2.38. The van der Waals surface area contributed by atoms with Crippen molar-refractivity contribution in [3.05, 3.63) is 30.1 Å². The maximum Gasteiger partial charge on any atom is 0.0271 e. The van der Waals surface area contributed by atoms with E-state index in [1.807, 2.05) is 12.4 Å². The second kappa shape index (κ2) is 6.21. The molecular weight excluding hydrogens is 220 g/mol. The van der Waals surface area contributed by atoms with E-state index in [1.165, 1.54) is 31.2 Å². The fourth-order valence-electron chi connectivity index (χ4n) is 2.41. The highest BCUT2D eigenvalue weighted by molar-refractivity contribution is 6.18. The van der Waals surface area contributed by atoms with Crippen molar-refractivity contribution in [3.8, 4) is 0 Å². The lowest BCUT2D eigenvalue weighted by molar-refractivity contribution is 0.282. The first-order chi connectivity index (χ1) is 7.90. The van der Waals surface area contributed by atoms with Crippen LogP contribution in [0.15, 0.2) is 24.5 Å². The van der Waals surface area contributed by atoms with Gasteiger partial charge in [-0.15, -0.1) is 11.6 Å². The number of rotatable bonds is 4. The molecule has 0 saturated heterocycles. The van der Waals surface area contributed by atoms with Gasteiger partial charge in [0.05, 0.1) is 0 Å². The zero-order valence-electron chi connectivity index (χ0n) is 9.53. The number of halogens is 1. The van der Waals surface area contributed by atoms with Gasteiger partial charge in [0.15, 0.2) is 0 Å². The van der Waals surface area contributed by atoms with Crippen LogP contribution in [0.4, 0.5) is 0 Å². The number of hydrogen-bond donors (Lipinski definition) is 1. The number of nitrogens with zero attached hydrogens (tertiary/aromatic N) is 1. The predicted molar refractivity (Wildman–Crippen MR) is 67.5 cm³/mol. The zero-order chi connectivity index (χ0) is 11.2. The molecule has 3 heteroatoms. The van der Waals surface area contributed by atoms with Crippen molar-refractivity contribution < 1.29 is 0 Å². The molecule has 1 saturated carbocycles. The molecule has 0 aliphatic heterocycles. The molecule has 0 aromatic carbocycles. The summed E-state index contributed by atoms with van der Waals surface area (Å²) in [4.78, 5) is 4.02. The molecule has 1 heterocycles. The van der Waals surface area contributed by atoms with Crippen LogP contribution in [0.25, 0.3) is 0 Å². The Kier molecular flexibility index (Phi) is 4.61. The summed E-state index contributed by atoms with van der Waals surface area (Å²) in [7, 11) is 0. The second-order valence-corrected chi connectivity index (χ2v) is 4.85. The monoisotopic (exact) mass is 238 g/mol. The number of alkyl halides is 1. The van der Waals surface area contributed by atoms with Gasteiger partial charge in [0.1, 0.15) is 0 Å². The van der Waals surface area contributed by atoms with Crippen LogP contribution in [0.1, 0.15) is 31.2 Å². The first-order valence-corrected chi connectivity index (χ1v) is 6.62. The Morgan fingerprint density at radius 2 is 2.00 bits per heavy atom. The molecule has 2 atom stereocenters. The van der Waals surface area contributed by atoms with Crippen LogP contribution in [0, 0.1) is 5.92 Å². The van der Waals surface area contributed by atoms with Crippen LogP contribution in [0.2, 0.25) is 0 Å². The van der Waals surface area contributed by atoms with Crippen LogP contribution in [0.3, 0.4) is 0 Å². The highest BCUT2D eigenvalue weighted by Gasteiger charge is 2.23. The number of nitrogens with one attached hydrogen (secondary N) is 1. The minimum Gasteiger partial charge on any atom is -0.310 e. The van der Waals surface area contributed by atoms with E-state index in [4.69, 9.17) is 11.6 Å². The minimum atomic E-state index is 0.597. The summed E-state index contributed by atoms with van der Waals surface area (Å²) in [5, 5.41) is 3.63. The minimum absolute atomic E-state index is 0.597. The molecule has 2 rings (SSSR count). The molecule has 2 nitrogen and oxygen atoms in total. The third-order valence-electron chi connectivity index (χ3n) is 3.43. The van der Waals surface area contributed by atoms with Crippen LogP contribution in [0.5, 0.6) is 0 Å². The summed E-state index contributed by atoms with van der Waals surface area (Å²) in [6.45, 7) is 0.931. The molecule has 0 amide bonds. The van der Waals surface area contributed by atoms with Crippen molar-refractivity contribution in [3.63, 3.8) is 0 Å². The fourth-order valence-corrected chi connectivity index (χ4v) is 2.78. The quantitative estimate of drug-likeness (QED) is 0.816. The lowest BCUT2D eigenvalue weighted by Gasteiger charge is -2.31.